The monoisotopic (exact) mass is 288 g/mol. The molecule has 1 aliphatic rings. The van der Waals surface area contributed by atoms with Crippen LogP contribution in [0.2, 0.25) is 0 Å². The molecule has 1 unspecified atom stereocenters. The first-order valence-electron chi connectivity index (χ1n) is 7.82. The van der Waals surface area contributed by atoms with Gasteiger partial charge in [-0.2, -0.15) is 0 Å². The Kier molecular flexibility index (Phi) is 4.53. The van der Waals surface area contributed by atoms with Crippen molar-refractivity contribution in [2.45, 2.75) is 25.9 Å². The second-order valence-corrected chi connectivity index (χ2v) is 5.47. The van der Waals surface area contributed by atoms with Gasteiger partial charge in [0, 0.05) is 26.2 Å². The SMILES string of the molecule is CCC(c1nc2ccccc2n1CCN)N1CCOCC1. The summed E-state index contributed by atoms with van der Waals surface area (Å²) in [5, 5.41) is 0. The summed E-state index contributed by atoms with van der Waals surface area (Å²) in [5.41, 5.74) is 8.07. The molecule has 0 spiro atoms. The molecule has 3 rings (SSSR count). The van der Waals surface area contributed by atoms with Gasteiger partial charge in [0.15, 0.2) is 0 Å². The second kappa shape index (κ2) is 6.56. The van der Waals surface area contributed by atoms with Crippen LogP contribution in [0.15, 0.2) is 24.3 Å². The van der Waals surface area contributed by atoms with Gasteiger partial charge in [0.1, 0.15) is 5.82 Å². The molecule has 1 aromatic carbocycles. The number of benzene rings is 1. The Hall–Kier alpha value is -1.43. The molecule has 1 aliphatic heterocycles. The van der Waals surface area contributed by atoms with E-state index in [2.05, 4.69) is 34.6 Å². The van der Waals surface area contributed by atoms with E-state index in [1.165, 1.54) is 5.52 Å². The minimum absolute atomic E-state index is 0.341. The predicted octanol–water partition coefficient (Wildman–Crippen LogP) is 1.78. The lowest BCUT2D eigenvalue weighted by Crippen LogP contribution is -2.40. The summed E-state index contributed by atoms with van der Waals surface area (Å²) in [6.45, 7) is 7.26. The Labute approximate surface area is 125 Å². The average molecular weight is 288 g/mol. The van der Waals surface area contributed by atoms with E-state index in [1.54, 1.807) is 0 Å². The van der Waals surface area contributed by atoms with Crippen LogP contribution in [0.3, 0.4) is 0 Å². The lowest BCUT2D eigenvalue weighted by Gasteiger charge is -2.33. The summed E-state index contributed by atoms with van der Waals surface area (Å²) < 4.78 is 7.77. The molecule has 0 saturated carbocycles. The lowest BCUT2D eigenvalue weighted by molar-refractivity contribution is 0.0128. The van der Waals surface area contributed by atoms with Gasteiger partial charge in [-0.15, -0.1) is 0 Å². The van der Waals surface area contributed by atoms with Crippen LogP contribution < -0.4 is 5.73 Å². The minimum Gasteiger partial charge on any atom is -0.379 e. The zero-order valence-corrected chi connectivity index (χ0v) is 12.7. The van der Waals surface area contributed by atoms with Gasteiger partial charge in [-0.1, -0.05) is 19.1 Å². The largest absolute Gasteiger partial charge is 0.379 e. The number of imidazole rings is 1. The fourth-order valence-electron chi connectivity index (χ4n) is 3.21. The summed E-state index contributed by atoms with van der Waals surface area (Å²) in [7, 11) is 0. The van der Waals surface area contributed by atoms with E-state index in [1.807, 2.05) is 6.07 Å². The van der Waals surface area contributed by atoms with Crippen molar-refractivity contribution in [3.63, 3.8) is 0 Å². The maximum atomic E-state index is 5.82. The Morgan fingerprint density at radius 2 is 2.05 bits per heavy atom. The molecule has 5 heteroatoms. The summed E-state index contributed by atoms with van der Waals surface area (Å²) >= 11 is 0. The lowest BCUT2D eigenvalue weighted by atomic mass is 10.1. The minimum atomic E-state index is 0.341. The van der Waals surface area contributed by atoms with Gasteiger partial charge in [-0.05, 0) is 18.6 Å². The number of para-hydroxylation sites is 2. The summed E-state index contributed by atoms with van der Waals surface area (Å²) in [6, 6.07) is 8.66. The normalized spacial score (nSPS) is 18.2. The number of nitrogens with zero attached hydrogens (tertiary/aromatic N) is 3. The van der Waals surface area contributed by atoms with Crippen LogP contribution in [-0.4, -0.2) is 47.3 Å². The average Bonchev–Trinajstić information content (AvgIpc) is 2.89. The third-order valence-electron chi connectivity index (χ3n) is 4.21. The molecular weight excluding hydrogens is 264 g/mol. The maximum absolute atomic E-state index is 5.82. The van der Waals surface area contributed by atoms with Crippen molar-refractivity contribution in [2.24, 2.45) is 5.73 Å². The third kappa shape index (κ3) is 2.81. The van der Waals surface area contributed by atoms with Crippen LogP contribution in [0.1, 0.15) is 25.2 Å². The summed E-state index contributed by atoms with van der Waals surface area (Å²) in [6.07, 6.45) is 1.05. The quantitative estimate of drug-likeness (QED) is 0.911. The van der Waals surface area contributed by atoms with Gasteiger partial charge in [-0.25, -0.2) is 4.98 Å². The number of hydrogen-bond acceptors (Lipinski definition) is 4. The van der Waals surface area contributed by atoms with Crippen molar-refractivity contribution in [1.29, 1.82) is 0 Å². The topological polar surface area (TPSA) is 56.3 Å². The van der Waals surface area contributed by atoms with Crippen LogP contribution in [-0.2, 0) is 11.3 Å². The molecule has 0 radical (unpaired) electrons. The van der Waals surface area contributed by atoms with Gasteiger partial charge in [-0.3, -0.25) is 4.90 Å². The Bertz CT molecular complexity index is 589. The molecule has 2 heterocycles. The van der Waals surface area contributed by atoms with Crippen molar-refractivity contribution in [2.75, 3.05) is 32.8 Å². The molecule has 1 atom stereocenters. The molecule has 1 aromatic heterocycles. The summed E-state index contributed by atoms with van der Waals surface area (Å²) in [5.74, 6) is 1.14. The molecular formula is C16H24N4O. The molecule has 2 N–H and O–H groups in total. The smallest absolute Gasteiger partial charge is 0.127 e. The van der Waals surface area contributed by atoms with E-state index in [0.29, 0.717) is 12.6 Å². The van der Waals surface area contributed by atoms with E-state index in [0.717, 1.165) is 50.6 Å². The number of nitrogens with two attached hydrogens (primary N) is 1. The first-order valence-corrected chi connectivity index (χ1v) is 7.82. The van der Waals surface area contributed by atoms with E-state index < -0.39 is 0 Å². The Balaban J connectivity index is 2.01. The fraction of sp³-hybridized carbons (Fsp3) is 0.562. The number of aromatic nitrogens is 2. The number of rotatable bonds is 5. The summed E-state index contributed by atoms with van der Waals surface area (Å²) in [4.78, 5) is 7.39. The molecule has 2 aromatic rings. The molecule has 0 aliphatic carbocycles. The molecule has 114 valence electrons. The van der Waals surface area contributed by atoms with Crippen LogP contribution in [0.4, 0.5) is 0 Å². The number of hydrogen-bond donors (Lipinski definition) is 1. The van der Waals surface area contributed by atoms with E-state index >= 15 is 0 Å². The Morgan fingerprint density at radius 1 is 1.29 bits per heavy atom. The van der Waals surface area contributed by atoms with Gasteiger partial charge < -0.3 is 15.0 Å². The molecule has 1 saturated heterocycles. The maximum Gasteiger partial charge on any atom is 0.127 e. The fourth-order valence-corrected chi connectivity index (χ4v) is 3.21. The van der Waals surface area contributed by atoms with Crippen molar-refractivity contribution in [1.82, 2.24) is 14.5 Å². The van der Waals surface area contributed by atoms with Crippen LogP contribution >= 0.6 is 0 Å². The zero-order chi connectivity index (χ0) is 14.7. The van der Waals surface area contributed by atoms with Gasteiger partial charge >= 0.3 is 0 Å². The molecule has 1 fully saturated rings. The predicted molar refractivity (Wildman–Crippen MR) is 84.2 cm³/mol. The number of fused-ring (bicyclic) bond motifs is 1. The highest BCUT2D eigenvalue weighted by molar-refractivity contribution is 5.76. The van der Waals surface area contributed by atoms with Crippen LogP contribution in [0.5, 0.6) is 0 Å². The first kappa shape index (κ1) is 14.5. The van der Waals surface area contributed by atoms with E-state index in [9.17, 15) is 0 Å². The second-order valence-electron chi connectivity index (χ2n) is 5.47. The number of morpholine rings is 1. The third-order valence-corrected chi connectivity index (χ3v) is 4.21. The first-order chi connectivity index (χ1) is 10.3. The van der Waals surface area contributed by atoms with Gasteiger partial charge in [0.25, 0.3) is 0 Å². The molecule has 0 bridgehead atoms. The highest BCUT2D eigenvalue weighted by atomic mass is 16.5. The molecule has 0 amide bonds. The highest BCUT2D eigenvalue weighted by Crippen LogP contribution is 2.27. The van der Waals surface area contributed by atoms with E-state index in [4.69, 9.17) is 15.5 Å². The van der Waals surface area contributed by atoms with Crippen molar-refractivity contribution < 1.29 is 4.74 Å². The van der Waals surface area contributed by atoms with Gasteiger partial charge in [0.2, 0.25) is 0 Å². The highest BCUT2D eigenvalue weighted by Gasteiger charge is 2.26. The van der Waals surface area contributed by atoms with Crippen LogP contribution in [0, 0.1) is 0 Å². The Morgan fingerprint density at radius 3 is 2.76 bits per heavy atom. The van der Waals surface area contributed by atoms with Crippen molar-refractivity contribution in [3.8, 4) is 0 Å². The van der Waals surface area contributed by atoms with Crippen LogP contribution in [0.25, 0.3) is 11.0 Å². The number of ether oxygens (including phenoxy) is 1. The molecule has 5 nitrogen and oxygen atoms in total. The zero-order valence-electron chi connectivity index (χ0n) is 12.7. The van der Waals surface area contributed by atoms with Gasteiger partial charge in [0.05, 0.1) is 30.3 Å². The molecule has 21 heavy (non-hydrogen) atoms. The van der Waals surface area contributed by atoms with Crippen molar-refractivity contribution >= 4 is 11.0 Å². The van der Waals surface area contributed by atoms with Crippen molar-refractivity contribution in [3.05, 3.63) is 30.1 Å². The van der Waals surface area contributed by atoms with E-state index in [-0.39, 0.29) is 0 Å². The standard InChI is InChI=1S/C16H24N4O/c1-2-14(19-9-11-21-12-10-19)16-18-13-5-3-4-6-15(13)20(16)8-7-17/h3-6,14H,2,7-12,17H2,1H3.